The molecule has 0 aliphatic carbocycles. The van der Waals surface area contributed by atoms with Crippen LogP contribution in [0.15, 0.2) is 273 Å². The van der Waals surface area contributed by atoms with E-state index in [9.17, 15) is 26.3 Å². The molecule has 406 valence electrons. The predicted octanol–water partition coefficient (Wildman–Crippen LogP) is 22.0. The van der Waals surface area contributed by atoms with E-state index in [1.54, 1.807) is 21.3 Å². The number of aromatic nitrogens is 3. The lowest BCUT2D eigenvalue weighted by atomic mass is 9.86. The number of nitrogens with zero attached hydrogens (tertiary/aromatic N) is 3. The molecule has 0 saturated heterocycles. The Morgan fingerprint density at radius 3 is 0.882 bits per heavy atom. The highest BCUT2D eigenvalue weighted by molar-refractivity contribution is 6.22. The number of alkyl halides is 6. The number of hydrogen-bond donors (Lipinski definition) is 0. The molecule has 0 N–H and O–H groups in total. The largest absolute Gasteiger partial charge is 0.418 e. The maximum atomic E-state index is 14.6. The number of rotatable bonds is 7. The summed E-state index contributed by atoms with van der Waals surface area (Å²) in [5, 5.41) is 9.94. The SMILES string of the molecule is FC(F)(F)c1ccccc1-n1c2ccccc2c2cc(-c3ccc4c(c3)c3cc(-c5ccc6c(c5)c5ccccc5n6-c5ccccc5C(F)(F)F)ccc3n4-c3ccc(-c4c5ccccc5c(-c5ccccc5)c5ccccc45)cc3)ccc21. The first-order chi connectivity index (χ1) is 41.5. The van der Waals surface area contributed by atoms with Crippen LogP contribution in [0.3, 0.4) is 0 Å². The van der Waals surface area contributed by atoms with Gasteiger partial charge in [-0.2, -0.15) is 26.3 Å². The summed E-state index contributed by atoms with van der Waals surface area (Å²) in [4.78, 5) is 0. The monoisotopic (exact) mass is 1110 g/mol. The van der Waals surface area contributed by atoms with Crippen LogP contribution in [0, 0.1) is 0 Å². The zero-order valence-corrected chi connectivity index (χ0v) is 45.1. The highest BCUT2D eigenvalue weighted by Crippen LogP contribution is 2.47. The van der Waals surface area contributed by atoms with Gasteiger partial charge < -0.3 is 13.7 Å². The second kappa shape index (κ2) is 19.0. The Morgan fingerprint density at radius 2 is 0.494 bits per heavy atom. The normalized spacial score (nSPS) is 12.4. The average Bonchev–Trinajstić information content (AvgIpc) is 3.89. The third-order valence-electron chi connectivity index (χ3n) is 17.1. The van der Waals surface area contributed by atoms with Crippen LogP contribution < -0.4 is 0 Å². The summed E-state index contributed by atoms with van der Waals surface area (Å²) < 4.78 is 93.5. The molecule has 16 aromatic rings. The van der Waals surface area contributed by atoms with Crippen LogP contribution >= 0.6 is 0 Å². The molecular formula is C76H45F6N3. The molecule has 13 aromatic carbocycles. The van der Waals surface area contributed by atoms with E-state index in [-0.39, 0.29) is 11.4 Å². The Morgan fingerprint density at radius 1 is 0.212 bits per heavy atom. The molecule has 3 nitrogen and oxygen atoms in total. The summed E-state index contributed by atoms with van der Waals surface area (Å²) in [5.74, 6) is 0. The molecule has 0 spiro atoms. The zero-order valence-electron chi connectivity index (χ0n) is 45.1. The van der Waals surface area contributed by atoms with Crippen molar-refractivity contribution in [3.05, 3.63) is 284 Å². The van der Waals surface area contributed by atoms with E-state index in [0.717, 1.165) is 111 Å². The van der Waals surface area contributed by atoms with Gasteiger partial charge in [0.1, 0.15) is 0 Å². The lowest BCUT2D eigenvalue weighted by molar-refractivity contribution is -0.138. The number of fused-ring (bicyclic) bond motifs is 11. The van der Waals surface area contributed by atoms with Gasteiger partial charge in [0.05, 0.1) is 55.6 Å². The first-order valence-electron chi connectivity index (χ1n) is 28.0. The molecule has 0 amide bonds. The van der Waals surface area contributed by atoms with Crippen LogP contribution in [0.5, 0.6) is 0 Å². The van der Waals surface area contributed by atoms with E-state index in [1.165, 1.54) is 40.6 Å². The Balaban J connectivity index is 0.882. The Labute approximate surface area is 482 Å². The average molecular weight is 1110 g/mol. The maximum absolute atomic E-state index is 14.6. The van der Waals surface area contributed by atoms with Gasteiger partial charge in [-0.25, -0.2) is 0 Å². The fraction of sp³-hybridized carbons (Fsp3) is 0.0263. The molecule has 16 rings (SSSR count). The van der Waals surface area contributed by atoms with Crippen LogP contribution in [0.2, 0.25) is 0 Å². The van der Waals surface area contributed by atoms with Gasteiger partial charge in [0.2, 0.25) is 0 Å². The lowest BCUT2D eigenvalue weighted by Crippen LogP contribution is -2.10. The Bertz CT molecular complexity index is 5100. The quantitative estimate of drug-likeness (QED) is 0.112. The molecule has 0 saturated carbocycles. The minimum absolute atomic E-state index is 0.0615. The highest BCUT2D eigenvalue weighted by Gasteiger charge is 2.36. The zero-order chi connectivity index (χ0) is 57.3. The number of para-hydroxylation sites is 4. The van der Waals surface area contributed by atoms with Gasteiger partial charge in [0, 0.05) is 38.0 Å². The van der Waals surface area contributed by atoms with E-state index in [0.29, 0.717) is 22.1 Å². The van der Waals surface area contributed by atoms with Crippen LogP contribution in [0.25, 0.3) is 149 Å². The third-order valence-corrected chi connectivity index (χ3v) is 17.1. The van der Waals surface area contributed by atoms with Gasteiger partial charge in [0.25, 0.3) is 0 Å². The molecule has 0 aliphatic heterocycles. The highest BCUT2D eigenvalue weighted by atomic mass is 19.4. The second-order valence-corrected chi connectivity index (χ2v) is 21.8. The van der Waals surface area contributed by atoms with E-state index in [1.807, 2.05) is 78.9 Å². The van der Waals surface area contributed by atoms with Crippen molar-refractivity contribution in [1.29, 1.82) is 0 Å². The summed E-state index contributed by atoms with van der Waals surface area (Å²) in [6, 6.07) is 88.1. The van der Waals surface area contributed by atoms with Crippen molar-refractivity contribution in [1.82, 2.24) is 13.7 Å². The molecule has 0 radical (unpaired) electrons. The standard InChI is InChI=1S/C76H45F6N3/c77-75(78,79)63-24-10-14-28-71(63)84-65-26-12-8-18-53(65)59-42-48(34-40-69(59)84)50-32-38-67-61(44-50)62-45-51(49-35-41-70-60(43-49)54-19-9-13-27-66(54)85(70)72-29-15-11-25-64(72)76(80,81)82)33-39-68(62)83(67)52-36-30-47(31-37-52)74-57-22-6-4-20-55(57)73(46-16-2-1-3-17-46)56-21-5-7-23-58(56)74/h1-45H. The molecule has 0 fully saturated rings. The van der Waals surface area contributed by atoms with Gasteiger partial charge in [-0.3, -0.25) is 0 Å². The van der Waals surface area contributed by atoms with E-state index < -0.39 is 23.5 Å². The van der Waals surface area contributed by atoms with Crippen LogP contribution in [0.1, 0.15) is 11.1 Å². The summed E-state index contributed by atoms with van der Waals surface area (Å²) in [7, 11) is 0. The molecule has 3 heterocycles. The van der Waals surface area contributed by atoms with Crippen molar-refractivity contribution in [2.75, 3.05) is 0 Å². The molecule has 0 aliphatic rings. The smallest absolute Gasteiger partial charge is 0.309 e. The van der Waals surface area contributed by atoms with Crippen molar-refractivity contribution < 1.29 is 26.3 Å². The lowest BCUT2D eigenvalue weighted by Gasteiger charge is -2.18. The van der Waals surface area contributed by atoms with Gasteiger partial charge in [-0.15, -0.1) is 0 Å². The van der Waals surface area contributed by atoms with Crippen LogP contribution in [-0.4, -0.2) is 13.7 Å². The molecule has 3 aromatic heterocycles. The summed E-state index contributed by atoms with van der Waals surface area (Å²) >= 11 is 0. The minimum Gasteiger partial charge on any atom is -0.309 e. The summed E-state index contributed by atoms with van der Waals surface area (Å²) in [5.41, 5.74) is 12.5. The van der Waals surface area contributed by atoms with Crippen LogP contribution in [0.4, 0.5) is 26.3 Å². The van der Waals surface area contributed by atoms with Crippen molar-refractivity contribution in [2.45, 2.75) is 12.4 Å². The van der Waals surface area contributed by atoms with E-state index >= 15 is 0 Å². The van der Waals surface area contributed by atoms with Gasteiger partial charge in [-0.1, -0.05) is 176 Å². The summed E-state index contributed by atoms with van der Waals surface area (Å²) in [6.45, 7) is 0. The van der Waals surface area contributed by atoms with Crippen molar-refractivity contribution >= 4 is 87.0 Å². The molecular weight excluding hydrogens is 1070 g/mol. The summed E-state index contributed by atoms with van der Waals surface area (Å²) in [6.07, 6.45) is -9.13. The topological polar surface area (TPSA) is 14.8 Å². The minimum atomic E-state index is -4.57. The number of benzene rings is 13. The van der Waals surface area contributed by atoms with Gasteiger partial charge in [-0.05, 0) is 163 Å². The molecule has 0 unspecified atom stereocenters. The second-order valence-electron chi connectivity index (χ2n) is 21.8. The van der Waals surface area contributed by atoms with Crippen LogP contribution in [-0.2, 0) is 12.4 Å². The van der Waals surface area contributed by atoms with Crippen molar-refractivity contribution in [3.8, 4) is 61.6 Å². The molecule has 0 atom stereocenters. The molecule has 85 heavy (non-hydrogen) atoms. The Hall–Kier alpha value is -10.6. The Kier molecular flexibility index (Phi) is 11.2. The fourth-order valence-electron chi connectivity index (χ4n) is 13.4. The van der Waals surface area contributed by atoms with Gasteiger partial charge >= 0.3 is 12.4 Å². The third kappa shape index (κ3) is 7.91. The first-order valence-corrected chi connectivity index (χ1v) is 28.0. The van der Waals surface area contributed by atoms with E-state index in [4.69, 9.17) is 0 Å². The molecule has 9 heteroatoms. The predicted molar refractivity (Wildman–Crippen MR) is 336 cm³/mol. The van der Waals surface area contributed by atoms with E-state index in [2.05, 4.69) is 150 Å². The fourth-order valence-corrected chi connectivity index (χ4v) is 13.4. The number of hydrogen-bond acceptors (Lipinski definition) is 0. The maximum Gasteiger partial charge on any atom is 0.418 e. The first kappa shape index (κ1) is 50.1. The van der Waals surface area contributed by atoms with Gasteiger partial charge in [0.15, 0.2) is 0 Å². The van der Waals surface area contributed by atoms with Crippen molar-refractivity contribution in [3.63, 3.8) is 0 Å². The number of halogens is 6. The molecule has 0 bridgehead atoms. The van der Waals surface area contributed by atoms with Crippen molar-refractivity contribution in [2.24, 2.45) is 0 Å².